The minimum absolute atomic E-state index is 0.405. The van der Waals surface area contributed by atoms with Crippen LogP contribution in [0, 0.1) is 38.5 Å². The predicted octanol–water partition coefficient (Wildman–Crippen LogP) is 20.4. The molecular weight excluding hydrogens is 1040 g/mol. The fourth-order valence-electron chi connectivity index (χ4n) is 7.52. The third-order valence-electron chi connectivity index (χ3n) is 12.6. The van der Waals surface area contributed by atoms with Crippen molar-refractivity contribution < 1.29 is 54.4 Å². The van der Waals surface area contributed by atoms with Crippen molar-refractivity contribution in [2.45, 2.75) is 139 Å². The molecule has 6 aromatic rings. The molecule has 0 aliphatic heterocycles. The lowest BCUT2D eigenvalue weighted by Gasteiger charge is -2.25. The van der Waals surface area contributed by atoms with Crippen molar-refractivity contribution in [3.8, 4) is 34.5 Å². The van der Waals surface area contributed by atoms with Gasteiger partial charge < -0.3 is 27.1 Å². The summed E-state index contributed by atoms with van der Waals surface area (Å²) >= 11 is 0. The lowest BCUT2D eigenvalue weighted by Crippen LogP contribution is -2.16. The molecule has 0 saturated heterocycles. The summed E-state index contributed by atoms with van der Waals surface area (Å²) in [5, 5.41) is 0. The van der Waals surface area contributed by atoms with Crippen LogP contribution in [0.1, 0.15) is 135 Å². The maximum Gasteiger partial charge on any atom is 0.647 e. The van der Waals surface area contributed by atoms with Gasteiger partial charge in [-0.25, -0.2) is 4.57 Å². The van der Waals surface area contributed by atoms with Gasteiger partial charge in [-0.2, -0.15) is 9.13 Å². The molecule has 0 bridgehead atoms. The first-order chi connectivity index (χ1) is 37.6. The Morgan fingerprint density at radius 2 is 0.526 bits per heavy atom. The molecule has 0 aliphatic carbocycles. The Bertz CT molecular complexity index is 2350. The molecule has 0 amide bonds. The summed E-state index contributed by atoms with van der Waals surface area (Å²) in [5.41, 5.74) is 3.23. The van der Waals surface area contributed by atoms with Crippen LogP contribution in [0.15, 0.2) is 164 Å². The highest BCUT2D eigenvalue weighted by Crippen LogP contribution is 2.53. The van der Waals surface area contributed by atoms with Crippen LogP contribution in [0.3, 0.4) is 0 Å². The van der Waals surface area contributed by atoms with Crippen LogP contribution in [0.4, 0.5) is 0 Å². The van der Waals surface area contributed by atoms with E-state index < -0.39 is 23.5 Å². The number of rotatable bonds is 33. The molecule has 0 aliphatic rings. The zero-order chi connectivity index (χ0) is 56.5. The first-order valence-electron chi connectivity index (χ1n) is 27.9. The van der Waals surface area contributed by atoms with Crippen LogP contribution in [0.5, 0.6) is 34.5 Å². The molecule has 0 N–H and O–H groups in total. The fraction of sp³-hybridized carbons (Fsp3) is 0.429. The molecule has 0 heterocycles. The van der Waals surface area contributed by atoms with Gasteiger partial charge in [0.1, 0.15) is 34.5 Å². The number of benzene rings is 6. The van der Waals surface area contributed by atoms with Crippen molar-refractivity contribution in [3.05, 3.63) is 180 Å². The molecule has 3 unspecified atom stereocenters. The molecule has 12 nitrogen and oxygen atoms in total. The number of aryl methyl sites for hydroxylation is 3. The van der Waals surface area contributed by atoms with E-state index in [9.17, 15) is 13.7 Å². The fourth-order valence-corrected chi connectivity index (χ4v) is 11.4. The van der Waals surface area contributed by atoms with Gasteiger partial charge in [-0.15, -0.1) is 0 Å². The molecule has 0 aromatic heterocycles. The first kappa shape index (κ1) is 65.2. The zero-order valence-electron chi connectivity index (χ0n) is 47.7. The highest BCUT2D eigenvalue weighted by molar-refractivity contribution is 7.50. The molecule has 0 fully saturated rings. The predicted molar refractivity (Wildman–Crippen MR) is 317 cm³/mol. The smallest absolute Gasteiger partial charge is 0.386 e. The summed E-state index contributed by atoms with van der Waals surface area (Å²) in [6.07, 6.45) is 13.5. The standard InChI is InChI=1S/C24H51O4P.C21H21O4P.C18H15O4P/c1-7-13-16-22(10-4)19-26-29(25,27-20-23(11-5)17-14-8-2)28-21-24(12-6)18-15-9-3;1-16-4-10-19(11-5-16)23-26(22,24-20-12-6-17(2)7-13-20)25-21-14-8-18(3)9-15-21;19-23(20-16-10-4-1-5-11-16,21-17-12-6-2-7-13-17)22-18-14-8-3-9-15-18/h22-24H,7-21H2,1-6H3;4-15H,1-3H3;1-15H. The SMILES string of the molecule is CCCCC(CC)COP(=O)(OCC(CC)CCCC)OCC(CC)CCCC.Cc1ccc(OP(=O)(Oc2ccc(C)cc2)Oc2ccc(C)cc2)cc1.O=P(Oc1ccccc1)(Oc1ccccc1)Oc1ccccc1. The number of unbranched alkanes of at least 4 members (excludes halogenated alkanes) is 3. The first-order valence-corrected chi connectivity index (χ1v) is 32.3. The minimum Gasteiger partial charge on any atom is -0.386 e. The molecule has 426 valence electrons. The second kappa shape index (κ2) is 36.0. The van der Waals surface area contributed by atoms with Gasteiger partial charge in [0.15, 0.2) is 0 Å². The Morgan fingerprint density at radius 1 is 0.308 bits per heavy atom. The van der Waals surface area contributed by atoms with E-state index in [1.807, 2.05) is 75.4 Å². The van der Waals surface area contributed by atoms with Gasteiger partial charge in [-0.3, -0.25) is 13.6 Å². The second-order valence-electron chi connectivity index (χ2n) is 19.4. The molecule has 0 radical (unpaired) electrons. The van der Waals surface area contributed by atoms with Crippen LogP contribution < -0.4 is 27.1 Å². The maximum atomic E-state index is 13.4. The van der Waals surface area contributed by atoms with E-state index in [4.69, 9.17) is 40.7 Å². The Balaban J connectivity index is 0.000000253. The average molecular weight is 1130 g/mol. The lowest BCUT2D eigenvalue weighted by molar-refractivity contribution is 0.0732. The molecule has 0 spiro atoms. The minimum atomic E-state index is -3.93. The van der Waals surface area contributed by atoms with E-state index in [1.54, 1.807) is 109 Å². The monoisotopic (exact) mass is 1130 g/mol. The van der Waals surface area contributed by atoms with Gasteiger partial charge in [-0.1, -0.05) is 207 Å². The van der Waals surface area contributed by atoms with Crippen LogP contribution in [0.25, 0.3) is 0 Å². The molecule has 0 saturated carbocycles. The van der Waals surface area contributed by atoms with Gasteiger partial charge in [0.2, 0.25) is 0 Å². The van der Waals surface area contributed by atoms with Crippen molar-refractivity contribution in [1.82, 2.24) is 0 Å². The van der Waals surface area contributed by atoms with E-state index in [0.29, 0.717) is 72.1 Å². The van der Waals surface area contributed by atoms with Crippen molar-refractivity contribution in [2.75, 3.05) is 19.8 Å². The number of phosphoric acid groups is 3. The largest absolute Gasteiger partial charge is 0.647 e. The van der Waals surface area contributed by atoms with Crippen LogP contribution >= 0.6 is 23.5 Å². The van der Waals surface area contributed by atoms with Crippen LogP contribution in [-0.4, -0.2) is 19.8 Å². The summed E-state index contributed by atoms with van der Waals surface area (Å²) < 4.78 is 90.9. The van der Waals surface area contributed by atoms with Crippen molar-refractivity contribution >= 4 is 23.5 Å². The van der Waals surface area contributed by atoms with E-state index in [0.717, 1.165) is 55.2 Å². The third-order valence-corrected chi connectivity index (χ3v) is 16.6. The molecular formula is C63H87O12P3. The number of phosphoric ester groups is 3. The van der Waals surface area contributed by atoms with Crippen molar-refractivity contribution in [3.63, 3.8) is 0 Å². The Kier molecular flexibility index (Phi) is 30.1. The normalized spacial score (nSPS) is 13.2. The van der Waals surface area contributed by atoms with E-state index in [-0.39, 0.29) is 0 Å². The molecule has 78 heavy (non-hydrogen) atoms. The maximum absolute atomic E-state index is 13.4. The topological polar surface area (TPSA) is 134 Å². The second-order valence-corrected chi connectivity index (χ2v) is 24.0. The lowest BCUT2D eigenvalue weighted by atomic mass is 10.0. The van der Waals surface area contributed by atoms with E-state index in [2.05, 4.69) is 41.5 Å². The summed E-state index contributed by atoms with van der Waals surface area (Å²) in [4.78, 5) is 0. The van der Waals surface area contributed by atoms with E-state index >= 15 is 0 Å². The number of hydrogen-bond acceptors (Lipinski definition) is 12. The van der Waals surface area contributed by atoms with Crippen molar-refractivity contribution in [1.29, 1.82) is 0 Å². The molecule has 6 aromatic carbocycles. The van der Waals surface area contributed by atoms with Gasteiger partial charge >= 0.3 is 23.5 Å². The molecule has 15 heteroatoms. The van der Waals surface area contributed by atoms with Crippen LogP contribution in [-0.2, 0) is 27.3 Å². The number of hydrogen-bond donors (Lipinski definition) is 0. The zero-order valence-corrected chi connectivity index (χ0v) is 50.4. The van der Waals surface area contributed by atoms with Crippen LogP contribution in [0.2, 0.25) is 0 Å². The summed E-state index contributed by atoms with van der Waals surface area (Å²) in [6, 6.07) is 48.0. The highest BCUT2D eigenvalue weighted by atomic mass is 31.2. The van der Waals surface area contributed by atoms with Crippen molar-refractivity contribution in [2.24, 2.45) is 17.8 Å². The van der Waals surface area contributed by atoms with Gasteiger partial charge in [-0.05, 0) is 131 Å². The summed E-state index contributed by atoms with van der Waals surface area (Å²) in [6.45, 7) is 20.4. The quantitative estimate of drug-likeness (QED) is 0.0363. The Labute approximate surface area is 467 Å². The summed E-state index contributed by atoms with van der Waals surface area (Å²) in [7, 11) is -11.3. The van der Waals surface area contributed by atoms with E-state index in [1.165, 1.54) is 38.5 Å². The Morgan fingerprint density at radius 3 is 0.731 bits per heavy atom. The third kappa shape index (κ3) is 26.1. The summed E-state index contributed by atoms with van der Waals surface area (Å²) in [5.74, 6) is 3.71. The molecule has 6 rings (SSSR count). The Hall–Kier alpha value is -5.31. The van der Waals surface area contributed by atoms with Gasteiger partial charge in [0.05, 0.1) is 19.8 Å². The van der Waals surface area contributed by atoms with Gasteiger partial charge in [0.25, 0.3) is 0 Å². The van der Waals surface area contributed by atoms with Gasteiger partial charge in [0, 0.05) is 0 Å². The average Bonchev–Trinajstić information content (AvgIpc) is 3.44. The highest BCUT2D eigenvalue weighted by Gasteiger charge is 2.35. The molecule has 3 atom stereocenters. The number of para-hydroxylation sites is 3.